The number of rotatable bonds is 3. The molecule has 6 nitrogen and oxygen atoms in total. The lowest BCUT2D eigenvalue weighted by atomic mass is 10.3. The van der Waals surface area contributed by atoms with Crippen LogP contribution in [-0.4, -0.2) is 59.3 Å². The molecule has 2 heterocycles. The summed E-state index contributed by atoms with van der Waals surface area (Å²) in [6.45, 7) is 6.61. The van der Waals surface area contributed by atoms with Crippen molar-refractivity contribution in [3.05, 3.63) is 5.82 Å². The molecule has 0 aromatic carbocycles. The molecule has 2 rings (SSSR count). The number of hydrogen-bond donors (Lipinski definition) is 3. The monoisotopic (exact) mass is 225 g/mol. The summed E-state index contributed by atoms with van der Waals surface area (Å²) in [7, 11) is 0. The summed E-state index contributed by atoms with van der Waals surface area (Å²) in [5, 5.41) is 8.86. The van der Waals surface area contributed by atoms with Crippen LogP contribution in [0.2, 0.25) is 0 Å². The van der Waals surface area contributed by atoms with Crippen LogP contribution in [0.4, 0.5) is 11.6 Å². The van der Waals surface area contributed by atoms with Gasteiger partial charge in [-0.1, -0.05) is 0 Å². The number of aromatic amines is 1. The molecule has 0 unspecified atom stereocenters. The van der Waals surface area contributed by atoms with Gasteiger partial charge in [-0.25, -0.2) is 4.98 Å². The Morgan fingerprint density at radius 3 is 2.56 bits per heavy atom. The highest BCUT2D eigenvalue weighted by molar-refractivity contribution is 5.59. The summed E-state index contributed by atoms with van der Waals surface area (Å²) < 4.78 is 0. The van der Waals surface area contributed by atoms with Crippen molar-refractivity contribution in [2.24, 2.45) is 0 Å². The molecule has 0 bridgehead atoms. The third kappa shape index (κ3) is 2.28. The normalized spacial score (nSPS) is 18.0. The van der Waals surface area contributed by atoms with Crippen molar-refractivity contribution >= 4 is 11.6 Å². The molecule has 1 aliphatic heterocycles. The minimum atomic E-state index is 0.226. The lowest BCUT2D eigenvalue weighted by Gasteiger charge is -2.34. The quantitative estimate of drug-likeness (QED) is 0.641. The number of aromatic nitrogens is 2. The maximum atomic E-state index is 8.86. The number of aliphatic hydroxyl groups excluding tert-OH is 1. The number of H-pyrrole nitrogens is 1. The SMILES string of the molecule is Cc1nc(N2CCN(CCO)CC2)c(N)[nH]1. The van der Waals surface area contributed by atoms with Crippen LogP contribution in [0.3, 0.4) is 0 Å². The first-order chi connectivity index (χ1) is 7.70. The van der Waals surface area contributed by atoms with Gasteiger partial charge in [-0.05, 0) is 6.92 Å². The van der Waals surface area contributed by atoms with Crippen LogP contribution in [0.5, 0.6) is 0 Å². The number of aliphatic hydroxyl groups is 1. The predicted octanol–water partition coefficient (Wildman–Crippen LogP) is -0.585. The number of hydrogen-bond acceptors (Lipinski definition) is 5. The van der Waals surface area contributed by atoms with Crippen molar-refractivity contribution in [1.82, 2.24) is 14.9 Å². The highest BCUT2D eigenvalue weighted by Gasteiger charge is 2.20. The van der Waals surface area contributed by atoms with E-state index in [9.17, 15) is 0 Å². The molecular formula is C10H19N5O. The fourth-order valence-electron chi connectivity index (χ4n) is 2.06. The van der Waals surface area contributed by atoms with Crippen LogP contribution in [0, 0.1) is 6.92 Å². The molecule has 1 saturated heterocycles. The summed E-state index contributed by atoms with van der Waals surface area (Å²) in [6, 6.07) is 0. The van der Waals surface area contributed by atoms with Crippen LogP contribution >= 0.6 is 0 Å². The Morgan fingerprint density at radius 1 is 1.38 bits per heavy atom. The third-order valence-corrected chi connectivity index (χ3v) is 2.92. The van der Waals surface area contributed by atoms with Crippen molar-refractivity contribution in [2.45, 2.75) is 6.92 Å². The van der Waals surface area contributed by atoms with Gasteiger partial charge in [0.25, 0.3) is 0 Å². The van der Waals surface area contributed by atoms with Gasteiger partial charge in [-0.2, -0.15) is 0 Å². The molecule has 1 aromatic heterocycles. The molecule has 16 heavy (non-hydrogen) atoms. The zero-order valence-electron chi connectivity index (χ0n) is 9.61. The van der Waals surface area contributed by atoms with Gasteiger partial charge in [0.2, 0.25) is 0 Å². The van der Waals surface area contributed by atoms with Crippen LogP contribution < -0.4 is 10.6 Å². The zero-order valence-corrected chi connectivity index (χ0v) is 9.61. The van der Waals surface area contributed by atoms with E-state index < -0.39 is 0 Å². The summed E-state index contributed by atoms with van der Waals surface area (Å²) in [5.41, 5.74) is 5.85. The first-order valence-electron chi connectivity index (χ1n) is 5.61. The Hall–Kier alpha value is -1.27. The summed E-state index contributed by atoms with van der Waals surface area (Å²) in [5.74, 6) is 2.36. The molecular weight excluding hydrogens is 206 g/mol. The van der Waals surface area contributed by atoms with Gasteiger partial charge in [0.1, 0.15) is 11.6 Å². The lowest BCUT2D eigenvalue weighted by molar-refractivity contribution is 0.188. The van der Waals surface area contributed by atoms with E-state index in [1.807, 2.05) is 6.92 Å². The van der Waals surface area contributed by atoms with Crippen molar-refractivity contribution < 1.29 is 5.11 Å². The van der Waals surface area contributed by atoms with E-state index in [4.69, 9.17) is 10.8 Å². The number of imidazole rings is 1. The number of β-amino-alcohol motifs (C(OH)–C–C–N with tert-alkyl or cyclic N) is 1. The Kier molecular flexibility index (Phi) is 3.31. The summed E-state index contributed by atoms with van der Waals surface area (Å²) in [6.07, 6.45) is 0. The maximum absolute atomic E-state index is 8.86. The molecule has 0 atom stereocenters. The van der Waals surface area contributed by atoms with Crippen molar-refractivity contribution in [2.75, 3.05) is 50.0 Å². The first kappa shape index (κ1) is 11.2. The molecule has 4 N–H and O–H groups in total. The van der Waals surface area contributed by atoms with E-state index in [1.54, 1.807) is 0 Å². The fraction of sp³-hybridized carbons (Fsp3) is 0.700. The second kappa shape index (κ2) is 4.71. The number of aryl methyl sites for hydroxylation is 1. The van der Waals surface area contributed by atoms with Crippen molar-refractivity contribution in [1.29, 1.82) is 0 Å². The molecule has 0 radical (unpaired) electrons. The fourth-order valence-corrected chi connectivity index (χ4v) is 2.06. The van der Waals surface area contributed by atoms with Gasteiger partial charge in [0.15, 0.2) is 5.82 Å². The van der Waals surface area contributed by atoms with Gasteiger partial charge < -0.3 is 20.7 Å². The number of nitrogen functional groups attached to an aromatic ring is 1. The van der Waals surface area contributed by atoms with E-state index in [2.05, 4.69) is 19.8 Å². The Balaban J connectivity index is 1.96. The van der Waals surface area contributed by atoms with Crippen LogP contribution in [0.25, 0.3) is 0 Å². The van der Waals surface area contributed by atoms with Crippen LogP contribution in [0.15, 0.2) is 0 Å². The second-order valence-corrected chi connectivity index (χ2v) is 4.11. The zero-order chi connectivity index (χ0) is 11.5. The highest BCUT2D eigenvalue weighted by atomic mass is 16.3. The lowest BCUT2D eigenvalue weighted by Crippen LogP contribution is -2.47. The Labute approximate surface area is 95.1 Å². The van der Waals surface area contributed by atoms with Gasteiger partial charge in [0.05, 0.1) is 6.61 Å². The number of anilines is 2. The van der Waals surface area contributed by atoms with Crippen LogP contribution in [-0.2, 0) is 0 Å². The summed E-state index contributed by atoms with van der Waals surface area (Å²) in [4.78, 5) is 11.8. The highest BCUT2D eigenvalue weighted by Crippen LogP contribution is 2.20. The number of nitrogens with two attached hydrogens (primary N) is 1. The largest absolute Gasteiger partial charge is 0.395 e. The minimum Gasteiger partial charge on any atom is -0.395 e. The van der Waals surface area contributed by atoms with E-state index in [0.717, 1.165) is 44.4 Å². The van der Waals surface area contributed by atoms with E-state index >= 15 is 0 Å². The van der Waals surface area contributed by atoms with Gasteiger partial charge >= 0.3 is 0 Å². The molecule has 0 amide bonds. The van der Waals surface area contributed by atoms with Crippen molar-refractivity contribution in [3.63, 3.8) is 0 Å². The summed E-state index contributed by atoms with van der Waals surface area (Å²) >= 11 is 0. The standard InChI is InChI=1S/C10H19N5O/c1-8-12-9(11)10(13-8)15-4-2-14(3-5-15)6-7-16/h16H,2-7,11H2,1H3,(H,12,13). The van der Waals surface area contributed by atoms with E-state index in [0.29, 0.717) is 5.82 Å². The number of piperazine rings is 1. The second-order valence-electron chi connectivity index (χ2n) is 4.11. The smallest absolute Gasteiger partial charge is 0.171 e. The maximum Gasteiger partial charge on any atom is 0.171 e. The van der Waals surface area contributed by atoms with Crippen LogP contribution in [0.1, 0.15) is 5.82 Å². The number of nitrogens with one attached hydrogen (secondary N) is 1. The average molecular weight is 225 g/mol. The van der Waals surface area contributed by atoms with Gasteiger partial charge in [-0.15, -0.1) is 0 Å². The Bertz CT molecular complexity index is 343. The van der Waals surface area contributed by atoms with Gasteiger partial charge in [0, 0.05) is 32.7 Å². The molecule has 1 fully saturated rings. The average Bonchev–Trinajstić information content (AvgIpc) is 2.59. The molecule has 1 aromatic rings. The topological polar surface area (TPSA) is 81.4 Å². The molecule has 0 spiro atoms. The molecule has 0 aliphatic carbocycles. The Morgan fingerprint density at radius 2 is 2.06 bits per heavy atom. The minimum absolute atomic E-state index is 0.226. The van der Waals surface area contributed by atoms with Gasteiger partial charge in [-0.3, -0.25) is 4.90 Å². The predicted molar refractivity (Wildman–Crippen MR) is 63.5 cm³/mol. The third-order valence-electron chi connectivity index (χ3n) is 2.92. The molecule has 1 aliphatic rings. The van der Waals surface area contributed by atoms with Crippen molar-refractivity contribution in [3.8, 4) is 0 Å². The molecule has 0 saturated carbocycles. The van der Waals surface area contributed by atoms with E-state index in [1.165, 1.54) is 0 Å². The molecule has 90 valence electrons. The number of nitrogens with zero attached hydrogens (tertiary/aromatic N) is 3. The van der Waals surface area contributed by atoms with E-state index in [-0.39, 0.29) is 6.61 Å². The molecule has 6 heteroatoms. The first-order valence-corrected chi connectivity index (χ1v) is 5.61.